The lowest BCUT2D eigenvalue weighted by Gasteiger charge is -2.14. The summed E-state index contributed by atoms with van der Waals surface area (Å²) in [5, 5.41) is 4.27. The van der Waals surface area contributed by atoms with Gasteiger partial charge in [-0.15, -0.1) is 0 Å². The second-order valence-electron chi connectivity index (χ2n) is 7.43. The Morgan fingerprint density at radius 1 is 1.07 bits per heavy atom. The standard InChI is InChI=1S/C23H27N5OS/c1-16-9-11-17(12-10-16)21-15-19(18-7-4-5-8-20(18)25-21)22(29)26-27-23(30)24-13-6-14-28(2)3/h4-5,7-12,15H,6,13-14H2,1-3H3,(H,26,29)(H2,24,27,30). The summed E-state index contributed by atoms with van der Waals surface area (Å²) in [5.41, 5.74) is 9.69. The number of hydrogen-bond acceptors (Lipinski definition) is 4. The van der Waals surface area contributed by atoms with Gasteiger partial charge >= 0.3 is 0 Å². The van der Waals surface area contributed by atoms with Crippen LogP contribution in [0.5, 0.6) is 0 Å². The van der Waals surface area contributed by atoms with Crippen LogP contribution in [0.25, 0.3) is 22.2 Å². The Kier molecular flexibility index (Phi) is 7.32. The molecule has 0 atom stereocenters. The van der Waals surface area contributed by atoms with Gasteiger partial charge in [-0.3, -0.25) is 15.6 Å². The van der Waals surface area contributed by atoms with Gasteiger partial charge in [0.25, 0.3) is 5.91 Å². The normalized spacial score (nSPS) is 10.8. The van der Waals surface area contributed by atoms with Crippen LogP contribution in [0.15, 0.2) is 54.6 Å². The average Bonchev–Trinajstić information content (AvgIpc) is 2.74. The molecule has 6 nitrogen and oxygen atoms in total. The van der Waals surface area contributed by atoms with Crippen molar-refractivity contribution in [1.29, 1.82) is 0 Å². The molecule has 0 saturated carbocycles. The fourth-order valence-corrected chi connectivity index (χ4v) is 3.21. The summed E-state index contributed by atoms with van der Waals surface area (Å²) in [6.45, 7) is 3.74. The van der Waals surface area contributed by atoms with Crippen LogP contribution in [0.1, 0.15) is 22.3 Å². The number of hydrogen-bond donors (Lipinski definition) is 3. The first kappa shape index (κ1) is 21.7. The number of benzene rings is 2. The van der Waals surface area contributed by atoms with Crippen LogP contribution in [0, 0.1) is 6.92 Å². The summed E-state index contributed by atoms with van der Waals surface area (Å²) < 4.78 is 0. The Morgan fingerprint density at radius 3 is 2.53 bits per heavy atom. The number of hydrazine groups is 1. The maximum absolute atomic E-state index is 12.9. The number of carbonyl (C=O) groups excluding carboxylic acids is 1. The van der Waals surface area contributed by atoms with E-state index < -0.39 is 0 Å². The Balaban J connectivity index is 1.74. The lowest BCUT2D eigenvalue weighted by atomic mass is 10.0. The van der Waals surface area contributed by atoms with Gasteiger partial charge in [0.1, 0.15) is 0 Å². The van der Waals surface area contributed by atoms with Gasteiger partial charge in [-0.2, -0.15) is 0 Å². The lowest BCUT2D eigenvalue weighted by molar-refractivity contribution is 0.0945. The Bertz CT molecular complexity index is 1030. The van der Waals surface area contributed by atoms with E-state index in [1.54, 1.807) is 0 Å². The summed E-state index contributed by atoms with van der Waals surface area (Å²) in [7, 11) is 4.06. The molecule has 0 bridgehead atoms. The van der Waals surface area contributed by atoms with Crippen LogP contribution >= 0.6 is 12.2 Å². The van der Waals surface area contributed by atoms with Gasteiger partial charge < -0.3 is 10.2 Å². The second-order valence-corrected chi connectivity index (χ2v) is 7.84. The average molecular weight is 422 g/mol. The summed E-state index contributed by atoms with van der Waals surface area (Å²) in [5.74, 6) is -0.264. The molecule has 0 fully saturated rings. The predicted molar refractivity (Wildman–Crippen MR) is 126 cm³/mol. The number of nitrogens with one attached hydrogen (secondary N) is 3. The molecule has 1 aromatic heterocycles. The SMILES string of the molecule is Cc1ccc(-c2cc(C(=O)NNC(=S)NCCCN(C)C)c3ccccc3n2)cc1. The summed E-state index contributed by atoms with van der Waals surface area (Å²) >= 11 is 5.25. The minimum atomic E-state index is -0.264. The van der Waals surface area contributed by atoms with Crippen molar-refractivity contribution in [3.63, 3.8) is 0 Å². The molecule has 2 aromatic carbocycles. The van der Waals surface area contributed by atoms with Gasteiger partial charge in [-0.25, -0.2) is 4.98 Å². The van der Waals surface area contributed by atoms with Gasteiger partial charge in [-0.1, -0.05) is 48.0 Å². The topological polar surface area (TPSA) is 69.3 Å². The molecule has 3 N–H and O–H groups in total. The van der Waals surface area contributed by atoms with Crippen molar-refractivity contribution in [2.24, 2.45) is 0 Å². The molecule has 0 saturated heterocycles. The number of carbonyl (C=O) groups is 1. The van der Waals surface area contributed by atoms with Crippen LogP contribution in [-0.4, -0.2) is 48.1 Å². The first-order valence-corrected chi connectivity index (χ1v) is 10.3. The number of amides is 1. The van der Waals surface area contributed by atoms with Crippen LogP contribution in [0.3, 0.4) is 0 Å². The number of fused-ring (bicyclic) bond motifs is 1. The number of rotatable bonds is 6. The van der Waals surface area contributed by atoms with E-state index in [2.05, 4.69) is 21.1 Å². The number of thiocarbonyl (C=S) groups is 1. The van der Waals surface area contributed by atoms with E-state index in [9.17, 15) is 4.79 Å². The van der Waals surface area contributed by atoms with Crippen LogP contribution in [0.2, 0.25) is 0 Å². The van der Waals surface area contributed by atoms with E-state index in [0.717, 1.165) is 41.7 Å². The van der Waals surface area contributed by atoms with Gasteiger partial charge in [-0.05, 0) is 58.3 Å². The molecule has 1 heterocycles. The molecule has 0 aliphatic carbocycles. The lowest BCUT2D eigenvalue weighted by Crippen LogP contribution is -2.47. The number of pyridine rings is 1. The van der Waals surface area contributed by atoms with E-state index in [0.29, 0.717) is 10.7 Å². The summed E-state index contributed by atoms with van der Waals surface area (Å²) in [6, 6.07) is 17.5. The van der Waals surface area contributed by atoms with Gasteiger partial charge in [0.15, 0.2) is 5.11 Å². The molecule has 0 unspecified atom stereocenters. The zero-order chi connectivity index (χ0) is 21.5. The minimum Gasteiger partial charge on any atom is -0.361 e. The van der Waals surface area contributed by atoms with Crippen molar-refractivity contribution < 1.29 is 4.79 Å². The van der Waals surface area contributed by atoms with Gasteiger partial charge in [0.2, 0.25) is 0 Å². The van der Waals surface area contributed by atoms with Crippen molar-refractivity contribution in [2.75, 3.05) is 27.2 Å². The molecular weight excluding hydrogens is 394 g/mol. The summed E-state index contributed by atoms with van der Waals surface area (Å²) in [6.07, 6.45) is 0.956. The molecular formula is C23H27N5OS. The van der Waals surface area contributed by atoms with E-state index in [-0.39, 0.29) is 5.91 Å². The van der Waals surface area contributed by atoms with Gasteiger partial charge in [0.05, 0.1) is 16.8 Å². The molecule has 1 amide bonds. The molecule has 0 spiro atoms. The van der Waals surface area contributed by atoms with Crippen molar-refractivity contribution in [3.8, 4) is 11.3 Å². The molecule has 0 radical (unpaired) electrons. The number of aromatic nitrogens is 1. The van der Waals surface area contributed by atoms with Gasteiger partial charge in [0, 0.05) is 17.5 Å². The number of nitrogens with zero attached hydrogens (tertiary/aromatic N) is 2. The van der Waals surface area contributed by atoms with Crippen molar-refractivity contribution >= 4 is 34.1 Å². The maximum Gasteiger partial charge on any atom is 0.270 e. The predicted octanol–water partition coefficient (Wildman–Crippen LogP) is 3.27. The van der Waals surface area contributed by atoms with Crippen molar-refractivity contribution in [3.05, 3.63) is 65.7 Å². The van der Waals surface area contributed by atoms with Crippen LogP contribution in [0.4, 0.5) is 0 Å². The fraction of sp³-hybridized carbons (Fsp3) is 0.261. The largest absolute Gasteiger partial charge is 0.361 e. The fourth-order valence-electron chi connectivity index (χ4n) is 3.06. The Morgan fingerprint density at radius 2 is 1.80 bits per heavy atom. The molecule has 3 rings (SSSR count). The van der Waals surface area contributed by atoms with E-state index in [1.807, 2.05) is 75.6 Å². The molecule has 30 heavy (non-hydrogen) atoms. The number of aryl methyl sites for hydroxylation is 1. The highest BCUT2D eigenvalue weighted by molar-refractivity contribution is 7.80. The van der Waals surface area contributed by atoms with E-state index in [1.165, 1.54) is 5.56 Å². The second kappa shape index (κ2) is 10.1. The smallest absolute Gasteiger partial charge is 0.270 e. The number of para-hydroxylation sites is 1. The first-order valence-electron chi connectivity index (χ1n) is 9.90. The Labute approximate surface area is 182 Å². The third-order valence-corrected chi connectivity index (χ3v) is 4.91. The third-order valence-electron chi connectivity index (χ3n) is 4.67. The van der Waals surface area contributed by atoms with Crippen LogP contribution < -0.4 is 16.2 Å². The quantitative estimate of drug-likeness (QED) is 0.322. The zero-order valence-electron chi connectivity index (χ0n) is 17.5. The molecule has 3 aromatic rings. The highest BCUT2D eigenvalue weighted by Crippen LogP contribution is 2.25. The van der Waals surface area contributed by atoms with Crippen molar-refractivity contribution in [1.82, 2.24) is 26.1 Å². The molecule has 0 aliphatic heterocycles. The minimum absolute atomic E-state index is 0.264. The van der Waals surface area contributed by atoms with Crippen molar-refractivity contribution in [2.45, 2.75) is 13.3 Å². The molecule has 7 heteroatoms. The Hall–Kier alpha value is -3.03. The van der Waals surface area contributed by atoms with E-state index in [4.69, 9.17) is 17.2 Å². The third kappa shape index (κ3) is 5.75. The highest BCUT2D eigenvalue weighted by Gasteiger charge is 2.14. The maximum atomic E-state index is 12.9. The van der Waals surface area contributed by atoms with E-state index >= 15 is 0 Å². The van der Waals surface area contributed by atoms with Crippen LogP contribution in [-0.2, 0) is 0 Å². The molecule has 156 valence electrons. The zero-order valence-corrected chi connectivity index (χ0v) is 18.3. The first-order chi connectivity index (χ1) is 14.4. The monoisotopic (exact) mass is 421 g/mol. The summed E-state index contributed by atoms with van der Waals surface area (Å²) in [4.78, 5) is 19.8. The highest BCUT2D eigenvalue weighted by atomic mass is 32.1. The molecule has 0 aliphatic rings.